The van der Waals surface area contributed by atoms with Crippen molar-refractivity contribution in [2.24, 2.45) is 0 Å². The van der Waals surface area contributed by atoms with E-state index in [1.165, 1.54) is 4.68 Å². The van der Waals surface area contributed by atoms with E-state index in [2.05, 4.69) is 26.3 Å². The van der Waals surface area contributed by atoms with Crippen LogP contribution in [0, 0.1) is 0 Å². The highest BCUT2D eigenvalue weighted by atomic mass is 79.9. The molecule has 0 radical (unpaired) electrons. The topological polar surface area (TPSA) is 65.4 Å². The Morgan fingerprint density at radius 1 is 1.45 bits per heavy atom. The van der Waals surface area contributed by atoms with Crippen LogP contribution in [-0.4, -0.2) is 35.9 Å². The molecule has 0 bridgehead atoms. The van der Waals surface area contributed by atoms with Gasteiger partial charge in [-0.3, -0.25) is 4.79 Å². The summed E-state index contributed by atoms with van der Waals surface area (Å²) in [4.78, 5) is 11.8. The number of benzene rings is 1. The average molecular weight is 389 g/mol. The molecule has 2 aromatic rings. The van der Waals surface area contributed by atoms with Crippen LogP contribution in [-0.2, 0) is 11.5 Å². The van der Waals surface area contributed by atoms with E-state index < -0.39 is 0 Å². The van der Waals surface area contributed by atoms with Crippen molar-refractivity contribution in [1.82, 2.24) is 15.1 Å². The van der Waals surface area contributed by atoms with E-state index in [4.69, 9.17) is 21.1 Å². The highest BCUT2D eigenvalue weighted by molar-refractivity contribution is 9.10. The number of aromatic nitrogens is 2. The van der Waals surface area contributed by atoms with E-state index >= 15 is 0 Å². The molecule has 8 heteroatoms. The zero-order chi connectivity index (χ0) is 15.9. The number of rotatable bonds is 7. The first-order valence-electron chi connectivity index (χ1n) is 6.48. The largest absolute Gasteiger partial charge is 0.470 e. The highest BCUT2D eigenvalue weighted by Crippen LogP contribution is 2.27. The first-order valence-corrected chi connectivity index (χ1v) is 7.65. The Hall–Kier alpha value is -1.57. The van der Waals surface area contributed by atoms with Gasteiger partial charge in [0.1, 0.15) is 11.4 Å². The van der Waals surface area contributed by atoms with Crippen LogP contribution in [0.15, 0.2) is 34.9 Å². The van der Waals surface area contributed by atoms with Gasteiger partial charge in [-0.05, 0) is 24.3 Å². The fourth-order valence-corrected chi connectivity index (χ4v) is 2.37. The van der Waals surface area contributed by atoms with Crippen LogP contribution < -0.4 is 10.1 Å². The van der Waals surface area contributed by atoms with Gasteiger partial charge >= 0.3 is 0 Å². The lowest BCUT2D eigenvalue weighted by atomic mass is 10.3. The highest BCUT2D eigenvalue weighted by Gasteiger charge is 2.09. The predicted octanol–water partition coefficient (Wildman–Crippen LogP) is 2.71. The Morgan fingerprint density at radius 2 is 2.27 bits per heavy atom. The van der Waals surface area contributed by atoms with Gasteiger partial charge in [0.05, 0.1) is 11.6 Å². The fourth-order valence-electron chi connectivity index (χ4n) is 1.64. The van der Waals surface area contributed by atoms with Crippen LogP contribution in [0.25, 0.3) is 0 Å². The van der Waals surface area contributed by atoms with Crippen molar-refractivity contribution < 1.29 is 14.3 Å². The maximum Gasteiger partial charge on any atom is 0.271 e. The molecular weight excluding hydrogens is 374 g/mol. The number of methoxy groups -OCH3 is 1. The van der Waals surface area contributed by atoms with Crippen LogP contribution in [0.4, 0.5) is 0 Å². The van der Waals surface area contributed by atoms with Gasteiger partial charge in [-0.15, -0.1) is 0 Å². The molecule has 0 aliphatic carbocycles. The van der Waals surface area contributed by atoms with E-state index in [1.54, 1.807) is 31.5 Å². The summed E-state index contributed by atoms with van der Waals surface area (Å²) < 4.78 is 12.8. The molecule has 0 spiro atoms. The third kappa shape index (κ3) is 4.72. The minimum absolute atomic E-state index is 0.159. The van der Waals surface area contributed by atoms with Gasteiger partial charge in [0, 0.05) is 24.3 Å². The van der Waals surface area contributed by atoms with Gasteiger partial charge < -0.3 is 14.8 Å². The fraction of sp³-hybridized carbons (Fsp3) is 0.286. The number of amides is 1. The standard InChI is InChI=1S/C14H15BrClN3O3/c1-21-7-5-17-14(20)12-4-6-19(18-12)9-22-13-3-2-10(15)8-11(13)16/h2-4,6,8H,5,7,9H2,1H3,(H,17,20). The molecule has 1 aromatic heterocycles. The first-order chi connectivity index (χ1) is 10.6. The van der Waals surface area contributed by atoms with E-state index in [0.717, 1.165) is 4.47 Å². The quantitative estimate of drug-likeness (QED) is 0.741. The van der Waals surface area contributed by atoms with Crippen LogP contribution >= 0.6 is 27.5 Å². The Bertz CT molecular complexity index is 648. The van der Waals surface area contributed by atoms with Crippen molar-refractivity contribution in [2.75, 3.05) is 20.3 Å². The lowest BCUT2D eigenvalue weighted by molar-refractivity contribution is 0.0930. The Kier molecular flexibility index (Phi) is 6.23. The second kappa shape index (κ2) is 8.17. The zero-order valence-corrected chi connectivity index (χ0v) is 14.2. The number of nitrogens with zero attached hydrogens (tertiary/aromatic N) is 2. The number of carbonyl (C=O) groups excluding carboxylic acids is 1. The minimum Gasteiger partial charge on any atom is -0.470 e. The summed E-state index contributed by atoms with van der Waals surface area (Å²) in [6.07, 6.45) is 1.66. The van der Waals surface area contributed by atoms with Gasteiger partial charge in [-0.25, -0.2) is 4.68 Å². The molecule has 1 aromatic carbocycles. The molecule has 1 amide bonds. The summed E-state index contributed by atoms with van der Waals surface area (Å²) in [7, 11) is 1.57. The average Bonchev–Trinajstić information content (AvgIpc) is 2.95. The molecule has 0 aliphatic rings. The number of carbonyl (C=O) groups is 1. The Labute approximate surface area is 141 Å². The van der Waals surface area contributed by atoms with Crippen molar-refractivity contribution in [3.8, 4) is 5.75 Å². The van der Waals surface area contributed by atoms with Gasteiger partial charge in [-0.1, -0.05) is 27.5 Å². The van der Waals surface area contributed by atoms with Crippen molar-refractivity contribution in [3.05, 3.63) is 45.7 Å². The predicted molar refractivity (Wildman–Crippen MR) is 86.2 cm³/mol. The molecule has 1 heterocycles. The number of ether oxygens (including phenoxy) is 2. The zero-order valence-electron chi connectivity index (χ0n) is 11.9. The summed E-state index contributed by atoms with van der Waals surface area (Å²) >= 11 is 9.39. The molecular formula is C14H15BrClN3O3. The number of halogens is 2. The third-order valence-corrected chi connectivity index (χ3v) is 3.50. The van der Waals surface area contributed by atoms with Crippen molar-refractivity contribution in [2.45, 2.75) is 6.73 Å². The summed E-state index contributed by atoms with van der Waals surface area (Å²) in [6.45, 7) is 1.05. The third-order valence-electron chi connectivity index (χ3n) is 2.71. The van der Waals surface area contributed by atoms with E-state index in [-0.39, 0.29) is 12.6 Å². The van der Waals surface area contributed by atoms with Crippen molar-refractivity contribution in [1.29, 1.82) is 0 Å². The van der Waals surface area contributed by atoms with Crippen LogP contribution in [0.2, 0.25) is 5.02 Å². The Morgan fingerprint density at radius 3 is 3.00 bits per heavy atom. The molecule has 0 aliphatic heterocycles. The smallest absolute Gasteiger partial charge is 0.271 e. The number of hydrogen-bond acceptors (Lipinski definition) is 4. The maximum absolute atomic E-state index is 11.8. The summed E-state index contributed by atoms with van der Waals surface area (Å²) in [5.74, 6) is 0.295. The lowest BCUT2D eigenvalue weighted by Gasteiger charge is -2.08. The molecule has 0 saturated carbocycles. The van der Waals surface area contributed by atoms with Crippen LogP contribution in [0.3, 0.4) is 0 Å². The van der Waals surface area contributed by atoms with Gasteiger partial charge in [0.15, 0.2) is 6.73 Å². The van der Waals surface area contributed by atoms with Crippen molar-refractivity contribution in [3.63, 3.8) is 0 Å². The van der Waals surface area contributed by atoms with Gasteiger partial charge in [-0.2, -0.15) is 5.10 Å². The van der Waals surface area contributed by atoms with E-state index in [0.29, 0.717) is 29.6 Å². The van der Waals surface area contributed by atoms with Crippen LogP contribution in [0.1, 0.15) is 10.5 Å². The second-order valence-electron chi connectivity index (χ2n) is 4.34. The first kappa shape index (κ1) is 16.8. The Balaban J connectivity index is 1.90. The molecule has 2 rings (SSSR count). The second-order valence-corrected chi connectivity index (χ2v) is 5.66. The summed E-state index contributed by atoms with van der Waals surface area (Å²) in [5.41, 5.74) is 0.321. The van der Waals surface area contributed by atoms with Gasteiger partial charge in [0.25, 0.3) is 5.91 Å². The van der Waals surface area contributed by atoms with E-state index in [1.807, 2.05) is 6.07 Å². The molecule has 118 valence electrons. The summed E-state index contributed by atoms with van der Waals surface area (Å²) in [5, 5.41) is 7.33. The van der Waals surface area contributed by atoms with Crippen molar-refractivity contribution >= 4 is 33.4 Å². The SMILES string of the molecule is COCCNC(=O)c1ccn(COc2ccc(Br)cc2Cl)n1. The number of nitrogens with one attached hydrogen (secondary N) is 1. The molecule has 22 heavy (non-hydrogen) atoms. The van der Waals surface area contributed by atoms with Crippen LogP contribution in [0.5, 0.6) is 5.75 Å². The number of hydrogen-bond donors (Lipinski definition) is 1. The molecule has 1 N–H and O–H groups in total. The lowest BCUT2D eigenvalue weighted by Crippen LogP contribution is -2.27. The molecule has 0 saturated heterocycles. The molecule has 0 fully saturated rings. The molecule has 0 unspecified atom stereocenters. The monoisotopic (exact) mass is 387 g/mol. The van der Waals surface area contributed by atoms with E-state index in [9.17, 15) is 4.79 Å². The van der Waals surface area contributed by atoms with Gasteiger partial charge in [0.2, 0.25) is 0 Å². The minimum atomic E-state index is -0.252. The normalized spacial score (nSPS) is 10.5. The summed E-state index contributed by atoms with van der Waals surface area (Å²) in [6, 6.07) is 6.95. The molecule has 6 nitrogen and oxygen atoms in total. The molecule has 0 atom stereocenters. The maximum atomic E-state index is 11.8.